The molecule has 1 atom stereocenters. The summed E-state index contributed by atoms with van der Waals surface area (Å²) in [7, 11) is 0. The Kier molecular flexibility index (Phi) is 4.04. The number of carbonyl (C=O) groups is 2. The van der Waals surface area contributed by atoms with Crippen LogP contribution in [0.15, 0.2) is 18.2 Å². The van der Waals surface area contributed by atoms with Crippen molar-refractivity contribution in [2.24, 2.45) is 5.41 Å². The van der Waals surface area contributed by atoms with E-state index < -0.39 is 17.2 Å². The minimum Gasteiger partial charge on any atom is -0.478 e. The van der Waals surface area contributed by atoms with Gasteiger partial charge in [0.15, 0.2) is 0 Å². The SMILES string of the molecule is CC1(C(=O)Nc2cc(F)ccc2C(=O)O)CCCNC1. The summed E-state index contributed by atoms with van der Waals surface area (Å²) in [6.45, 7) is 3.20. The molecule has 0 saturated carbocycles. The van der Waals surface area contributed by atoms with Gasteiger partial charge in [-0.3, -0.25) is 4.79 Å². The number of hydrogen-bond acceptors (Lipinski definition) is 3. The van der Waals surface area contributed by atoms with E-state index in [1.165, 1.54) is 0 Å². The van der Waals surface area contributed by atoms with Crippen LogP contribution >= 0.6 is 0 Å². The third kappa shape index (κ3) is 2.96. The second kappa shape index (κ2) is 5.58. The van der Waals surface area contributed by atoms with Gasteiger partial charge < -0.3 is 15.7 Å². The van der Waals surface area contributed by atoms with Crippen molar-refractivity contribution in [3.63, 3.8) is 0 Å². The lowest BCUT2D eigenvalue weighted by molar-refractivity contribution is -0.125. The molecule has 3 N–H and O–H groups in total. The first-order valence-corrected chi connectivity index (χ1v) is 6.47. The molecular weight excluding hydrogens is 263 g/mol. The first-order chi connectivity index (χ1) is 9.42. The molecule has 108 valence electrons. The van der Waals surface area contributed by atoms with Gasteiger partial charge in [-0.1, -0.05) is 0 Å². The number of hydrogen-bond donors (Lipinski definition) is 3. The summed E-state index contributed by atoms with van der Waals surface area (Å²) in [6, 6.07) is 3.23. The highest BCUT2D eigenvalue weighted by Gasteiger charge is 2.35. The van der Waals surface area contributed by atoms with Gasteiger partial charge in [0.25, 0.3) is 0 Å². The van der Waals surface area contributed by atoms with Gasteiger partial charge in [-0.25, -0.2) is 9.18 Å². The Morgan fingerprint density at radius 1 is 1.45 bits per heavy atom. The quantitative estimate of drug-likeness (QED) is 0.789. The molecule has 1 saturated heterocycles. The van der Waals surface area contributed by atoms with Gasteiger partial charge in [0.1, 0.15) is 5.82 Å². The number of halogens is 1. The summed E-state index contributed by atoms with van der Waals surface area (Å²) in [6.07, 6.45) is 1.59. The van der Waals surface area contributed by atoms with Crippen molar-refractivity contribution in [1.29, 1.82) is 0 Å². The van der Waals surface area contributed by atoms with Crippen LogP contribution < -0.4 is 10.6 Å². The van der Waals surface area contributed by atoms with Crippen LogP contribution in [0.2, 0.25) is 0 Å². The smallest absolute Gasteiger partial charge is 0.337 e. The number of carboxylic acids is 1. The highest BCUT2D eigenvalue weighted by atomic mass is 19.1. The molecule has 0 aromatic heterocycles. The zero-order chi connectivity index (χ0) is 14.8. The van der Waals surface area contributed by atoms with Gasteiger partial charge in [0.2, 0.25) is 5.91 Å². The van der Waals surface area contributed by atoms with Crippen LogP contribution in [0.3, 0.4) is 0 Å². The maximum Gasteiger partial charge on any atom is 0.337 e. The number of piperidine rings is 1. The van der Waals surface area contributed by atoms with E-state index in [9.17, 15) is 14.0 Å². The van der Waals surface area contributed by atoms with E-state index in [0.29, 0.717) is 13.0 Å². The van der Waals surface area contributed by atoms with E-state index in [2.05, 4.69) is 10.6 Å². The molecule has 1 aromatic rings. The van der Waals surface area contributed by atoms with Crippen molar-refractivity contribution in [2.45, 2.75) is 19.8 Å². The summed E-state index contributed by atoms with van der Waals surface area (Å²) in [4.78, 5) is 23.4. The molecule has 1 aliphatic heterocycles. The van der Waals surface area contributed by atoms with Crippen LogP contribution in [-0.4, -0.2) is 30.1 Å². The number of amides is 1. The third-order valence-electron chi connectivity index (χ3n) is 3.61. The Balaban J connectivity index is 2.23. The minimum atomic E-state index is -1.20. The summed E-state index contributed by atoms with van der Waals surface area (Å²) in [5.74, 6) is -2.08. The Morgan fingerprint density at radius 3 is 2.80 bits per heavy atom. The molecule has 2 rings (SSSR count). The molecule has 0 radical (unpaired) electrons. The van der Waals surface area contributed by atoms with E-state index in [0.717, 1.165) is 31.2 Å². The molecular formula is C14H17FN2O3. The summed E-state index contributed by atoms with van der Waals surface area (Å²) >= 11 is 0. The Morgan fingerprint density at radius 2 is 2.20 bits per heavy atom. The Hall–Kier alpha value is -1.95. The zero-order valence-electron chi connectivity index (χ0n) is 11.2. The molecule has 0 spiro atoms. The average molecular weight is 280 g/mol. The molecule has 1 aromatic carbocycles. The first kappa shape index (κ1) is 14.5. The van der Waals surface area contributed by atoms with Crippen LogP contribution in [0.25, 0.3) is 0 Å². The highest BCUT2D eigenvalue weighted by Crippen LogP contribution is 2.28. The van der Waals surface area contributed by atoms with Gasteiger partial charge in [-0.2, -0.15) is 0 Å². The number of rotatable bonds is 3. The molecule has 1 fully saturated rings. The standard InChI is InChI=1S/C14H17FN2O3/c1-14(5-2-6-16-8-14)13(20)17-11-7-9(15)3-4-10(11)12(18)19/h3-4,7,16H,2,5-6,8H2,1H3,(H,17,20)(H,18,19). The van der Waals surface area contributed by atoms with Crippen LogP contribution in [0.1, 0.15) is 30.1 Å². The number of nitrogens with one attached hydrogen (secondary N) is 2. The minimum absolute atomic E-state index is 0.00528. The molecule has 6 heteroatoms. The number of carboxylic acid groups (broad SMARTS) is 1. The fourth-order valence-corrected chi connectivity index (χ4v) is 2.33. The average Bonchev–Trinajstić information content (AvgIpc) is 2.39. The first-order valence-electron chi connectivity index (χ1n) is 6.47. The molecule has 1 aliphatic rings. The van der Waals surface area contributed by atoms with Gasteiger partial charge in [0, 0.05) is 6.54 Å². The van der Waals surface area contributed by atoms with Gasteiger partial charge in [-0.15, -0.1) is 0 Å². The fourth-order valence-electron chi connectivity index (χ4n) is 2.33. The Labute approximate surface area is 116 Å². The lowest BCUT2D eigenvalue weighted by atomic mass is 9.82. The largest absolute Gasteiger partial charge is 0.478 e. The monoisotopic (exact) mass is 280 g/mol. The summed E-state index contributed by atoms with van der Waals surface area (Å²) < 4.78 is 13.2. The second-order valence-electron chi connectivity index (χ2n) is 5.29. The van der Waals surface area contributed by atoms with Crippen molar-refractivity contribution in [3.05, 3.63) is 29.6 Å². The van der Waals surface area contributed by atoms with E-state index in [1.807, 2.05) is 6.92 Å². The second-order valence-corrected chi connectivity index (χ2v) is 5.29. The van der Waals surface area contributed by atoms with E-state index in [-0.39, 0.29) is 17.2 Å². The maximum atomic E-state index is 13.2. The third-order valence-corrected chi connectivity index (χ3v) is 3.61. The normalized spacial score (nSPS) is 22.3. The number of benzene rings is 1. The molecule has 1 unspecified atom stereocenters. The van der Waals surface area contributed by atoms with Crippen LogP contribution in [-0.2, 0) is 4.79 Å². The molecule has 5 nitrogen and oxygen atoms in total. The Bertz CT molecular complexity index is 539. The lowest BCUT2D eigenvalue weighted by Crippen LogP contribution is -2.46. The molecule has 20 heavy (non-hydrogen) atoms. The van der Waals surface area contributed by atoms with Crippen LogP contribution in [0.4, 0.5) is 10.1 Å². The topological polar surface area (TPSA) is 78.4 Å². The van der Waals surface area contributed by atoms with E-state index in [1.54, 1.807) is 0 Å². The summed E-state index contributed by atoms with van der Waals surface area (Å²) in [5, 5.41) is 14.7. The van der Waals surface area contributed by atoms with Crippen molar-refractivity contribution in [2.75, 3.05) is 18.4 Å². The maximum absolute atomic E-state index is 13.2. The fraction of sp³-hybridized carbons (Fsp3) is 0.429. The van der Waals surface area contributed by atoms with E-state index in [4.69, 9.17) is 5.11 Å². The van der Waals surface area contributed by atoms with Crippen molar-refractivity contribution in [1.82, 2.24) is 5.32 Å². The zero-order valence-corrected chi connectivity index (χ0v) is 11.2. The van der Waals surface area contributed by atoms with Gasteiger partial charge >= 0.3 is 5.97 Å². The molecule has 0 aliphatic carbocycles. The molecule has 1 amide bonds. The summed E-state index contributed by atoms with van der Waals surface area (Å²) in [5.41, 5.74) is -0.734. The molecule has 1 heterocycles. The molecule has 0 bridgehead atoms. The van der Waals surface area contributed by atoms with Crippen molar-refractivity contribution in [3.8, 4) is 0 Å². The van der Waals surface area contributed by atoms with Gasteiger partial charge in [-0.05, 0) is 44.5 Å². The predicted molar refractivity (Wildman–Crippen MR) is 72.2 cm³/mol. The number of anilines is 1. The van der Waals surface area contributed by atoms with E-state index >= 15 is 0 Å². The lowest BCUT2D eigenvalue weighted by Gasteiger charge is -2.32. The highest BCUT2D eigenvalue weighted by molar-refractivity contribution is 6.02. The predicted octanol–water partition coefficient (Wildman–Crippen LogP) is 1.85. The van der Waals surface area contributed by atoms with Gasteiger partial charge in [0.05, 0.1) is 16.7 Å². The van der Waals surface area contributed by atoms with Crippen LogP contribution in [0, 0.1) is 11.2 Å². The number of carbonyl (C=O) groups excluding carboxylic acids is 1. The van der Waals surface area contributed by atoms with Crippen LogP contribution in [0.5, 0.6) is 0 Å². The van der Waals surface area contributed by atoms with Crippen molar-refractivity contribution < 1.29 is 19.1 Å². The van der Waals surface area contributed by atoms with Crippen molar-refractivity contribution >= 4 is 17.6 Å². The number of aromatic carboxylic acids is 1.